The van der Waals surface area contributed by atoms with Crippen molar-refractivity contribution in [3.63, 3.8) is 0 Å². The van der Waals surface area contributed by atoms with Crippen LogP contribution in [0.4, 0.5) is 11.4 Å². The summed E-state index contributed by atoms with van der Waals surface area (Å²) in [6.45, 7) is 1.61. The van der Waals surface area contributed by atoms with Crippen molar-refractivity contribution in [3.8, 4) is 0 Å². The van der Waals surface area contributed by atoms with Crippen molar-refractivity contribution in [1.29, 1.82) is 0 Å². The van der Waals surface area contributed by atoms with Gasteiger partial charge in [-0.05, 0) is 48.1 Å². The van der Waals surface area contributed by atoms with Crippen molar-refractivity contribution in [3.05, 3.63) is 98.2 Å². The SMILES string of the molecule is O=C(NCc1cccnc1)[C@@H]1Cc2cc([N+](=O)[O-])ccc2N2C[C@H]3C[C@H](Cn4c3cccc4=O)C12. The molecule has 0 spiro atoms. The molecular formula is C26H25N5O4. The van der Waals surface area contributed by atoms with Gasteiger partial charge in [-0.2, -0.15) is 0 Å². The van der Waals surface area contributed by atoms with Gasteiger partial charge < -0.3 is 14.8 Å². The first-order chi connectivity index (χ1) is 17.0. The van der Waals surface area contributed by atoms with Gasteiger partial charge in [0.25, 0.3) is 11.2 Å². The fourth-order valence-electron chi connectivity index (χ4n) is 6.27. The summed E-state index contributed by atoms with van der Waals surface area (Å²) in [5.41, 5.74) is 3.74. The molecule has 1 aromatic carbocycles. The number of benzene rings is 1. The molecule has 178 valence electrons. The van der Waals surface area contributed by atoms with Crippen LogP contribution in [0.1, 0.15) is 29.2 Å². The average Bonchev–Trinajstić information content (AvgIpc) is 2.87. The Morgan fingerprint density at radius 3 is 2.86 bits per heavy atom. The molecule has 9 nitrogen and oxygen atoms in total. The number of pyridine rings is 2. The normalized spacial score (nSPS) is 24.1. The quantitative estimate of drug-likeness (QED) is 0.463. The number of anilines is 1. The summed E-state index contributed by atoms with van der Waals surface area (Å²) in [5, 5.41) is 14.5. The van der Waals surface area contributed by atoms with Crippen molar-refractivity contribution in [2.75, 3.05) is 11.4 Å². The molecule has 0 aliphatic carbocycles. The standard InChI is InChI=1S/C26H25N5O4/c32-24-5-1-4-22-18-9-19(15-29(22)24)25-21(26(33)28-13-16-3-2-8-27-12-16)11-17-10-20(31(34)35)6-7-23(17)30(25)14-18/h1-8,10,12,18-19,21,25H,9,11,13-15H2,(H,28,33)/t18-,19-,21-,25?/m1/s1. The summed E-state index contributed by atoms with van der Waals surface area (Å²) >= 11 is 0. The van der Waals surface area contributed by atoms with Crippen LogP contribution in [-0.2, 0) is 24.3 Å². The van der Waals surface area contributed by atoms with Crippen molar-refractivity contribution in [2.45, 2.75) is 37.9 Å². The molecule has 3 aromatic rings. The van der Waals surface area contributed by atoms with E-state index < -0.39 is 4.92 Å². The Hall–Kier alpha value is -4.01. The Kier molecular flexibility index (Phi) is 5.12. The van der Waals surface area contributed by atoms with E-state index in [4.69, 9.17) is 0 Å². The maximum absolute atomic E-state index is 13.6. The van der Waals surface area contributed by atoms with Gasteiger partial charge in [0, 0.05) is 73.6 Å². The number of hydrogen-bond donors (Lipinski definition) is 1. The largest absolute Gasteiger partial charge is 0.366 e. The number of rotatable bonds is 4. The molecule has 6 rings (SSSR count). The highest BCUT2D eigenvalue weighted by Gasteiger charge is 2.49. The predicted octanol–water partition coefficient (Wildman–Crippen LogP) is 2.63. The average molecular weight is 472 g/mol. The molecular weight excluding hydrogens is 446 g/mol. The molecule has 0 saturated carbocycles. The van der Waals surface area contributed by atoms with Crippen LogP contribution in [0.15, 0.2) is 65.7 Å². The van der Waals surface area contributed by atoms with Crippen molar-refractivity contribution in [1.82, 2.24) is 14.9 Å². The van der Waals surface area contributed by atoms with E-state index in [0.29, 0.717) is 26.1 Å². The number of amides is 1. The third kappa shape index (κ3) is 3.67. The van der Waals surface area contributed by atoms with Crippen molar-refractivity contribution < 1.29 is 9.72 Å². The highest BCUT2D eigenvalue weighted by molar-refractivity contribution is 5.82. The Morgan fingerprint density at radius 2 is 2.06 bits per heavy atom. The molecule has 0 radical (unpaired) electrons. The molecule has 5 heterocycles. The van der Waals surface area contributed by atoms with Crippen molar-refractivity contribution in [2.24, 2.45) is 11.8 Å². The zero-order valence-corrected chi connectivity index (χ0v) is 19.0. The zero-order chi connectivity index (χ0) is 24.1. The van der Waals surface area contributed by atoms with E-state index in [9.17, 15) is 19.7 Å². The summed E-state index contributed by atoms with van der Waals surface area (Å²) < 4.78 is 1.87. The minimum Gasteiger partial charge on any atom is -0.366 e. The minimum atomic E-state index is -0.391. The number of non-ortho nitro benzene ring substituents is 1. The second-order valence-electron chi connectivity index (χ2n) is 9.69. The number of nitrogens with zero attached hydrogens (tertiary/aromatic N) is 4. The van der Waals surface area contributed by atoms with E-state index in [0.717, 1.165) is 28.9 Å². The van der Waals surface area contributed by atoms with E-state index >= 15 is 0 Å². The highest BCUT2D eigenvalue weighted by Crippen LogP contribution is 2.47. The predicted molar refractivity (Wildman–Crippen MR) is 129 cm³/mol. The van der Waals surface area contributed by atoms with Crippen LogP contribution < -0.4 is 15.8 Å². The number of fused-ring (bicyclic) bond motifs is 8. The summed E-state index contributed by atoms with van der Waals surface area (Å²) in [7, 11) is 0. The number of carbonyl (C=O) groups excluding carboxylic acids is 1. The second-order valence-corrected chi connectivity index (χ2v) is 9.69. The number of hydrogen-bond acceptors (Lipinski definition) is 6. The molecule has 1 N–H and O–H groups in total. The van der Waals surface area contributed by atoms with Gasteiger partial charge in [0.05, 0.1) is 10.8 Å². The Labute approximate surface area is 201 Å². The lowest BCUT2D eigenvalue weighted by molar-refractivity contribution is -0.384. The Morgan fingerprint density at radius 1 is 1.17 bits per heavy atom. The van der Waals surface area contributed by atoms with Crippen LogP contribution in [0.5, 0.6) is 0 Å². The van der Waals surface area contributed by atoms with Gasteiger partial charge in [-0.15, -0.1) is 0 Å². The van der Waals surface area contributed by atoms with E-state index in [2.05, 4.69) is 15.2 Å². The van der Waals surface area contributed by atoms with Gasteiger partial charge in [0.15, 0.2) is 0 Å². The van der Waals surface area contributed by atoms with E-state index in [1.54, 1.807) is 30.6 Å². The van der Waals surface area contributed by atoms with Crippen LogP contribution in [0, 0.1) is 22.0 Å². The highest BCUT2D eigenvalue weighted by atomic mass is 16.6. The first kappa shape index (κ1) is 21.5. The molecule has 2 bridgehead atoms. The lowest BCUT2D eigenvalue weighted by Gasteiger charge is -2.54. The van der Waals surface area contributed by atoms with Gasteiger partial charge in [0.1, 0.15) is 0 Å². The first-order valence-corrected chi connectivity index (χ1v) is 11.9. The van der Waals surface area contributed by atoms with Gasteiger partial charge >= 0.3 is 0 Å². The number of carbonyl (C=O) groups is 1. The first-order valence-electron chi connectivity index (χ1n) is 11.9. The van der Waals surface area contributed by atoms with Crippen LogP contribution in [-0.4, -0.2) is 33.0 Å². The maximum atomic E-state index is 13.6. The lowest BCUT2D eigenvalue weighted by Crippen LogP contribution is -2.61. The molecule has 1 unspecified atom stereocenters. The summed E-state index contributed by atoms with van der Waals surface area (Å²) in [4.78, 5) is 43.6. The topological polar surface area (TPSA) is 110 Å². The third-order valence-corrected chi connectivity index (χ3v) is 7.73. The molecule has 1 fully saturated rings. The molecule has 3 aliphatic heterocycles. The van der Waals surface area contributed by atoms with Gasteiger partial charge in [-0.3, -0.25) is 24.7 Å². The molecule has 9 heteroatoms. The summed E-state index contributed by atoms with van der Waals surface area (Å²) in [6, 6.07) is 14.0. The molecule has 1 amide bonds. The summed E-state index contributed by atoms with van der Waals surface area (Å²) in [6.07, 6.45) is 4.76. The Balaban J connectivity index is 1.38. The van der Waals surface area contributed by atoms with Crippen LogP contribution in [0.3, 0.4) is 0 Å². The fourth-order valence-corrected chi connectivity index (χ4v) is 6.27. The minimum absolute atomic E-state index is 0.00457. The summed E-state index contributed by atoms with van der Waals surface area (Å²) in [5.74, 6) is -0.170. The van der Waals surface area contributed by atoms with Crippen LogP contribution in [0.2, 0.25) is 0 Å². The lowest BCUT2D eigenvalue weighted by atomic mass is 9.70. The fraction of sp³-hybridized carbons (Fsp3) is 0.346. The van der Waals surface area contributed by atoms with Gasteiger partial charge in [-0.25, -0.2) is 0 Å². The molecule has 2 aromatic heterocycles. The van der Waals surface area contributed by atoms with Crippen molar-refractivity contribution >= 4 is 17.3 Å². The van der Waals surface area contributed by atoms with Gasteiger partial charge in [-0.1, -0.05) is 12.1 Å². The van der Waals surface area contributed by atoms with E-state index in [1.807, 2.05) is 34.9 Å². The number of aromatic nitrogens is 2. The van der Waals surface area contributed by atoms with Crippen LogP contribution >= 0.6 is 0 Å². The van der Waals surface area contributed by atoms with Gasteiger partial charge in [0.2, 0.25) is 5.91 Å². The smallest absolute Gasteiger partial charge is 0.269 e. The number of nitro groups is 1. The number of piperidine rings is 1. The number of nitrogens with one attached hydrogen (secondary N) is 1. The molecule has 35 heavy (non-hydrogen) atoms. The number of nitro benzene ring substituents is 1. The zero-order valence-electron chi connectivity index (χ0n) is 19.0. The monoisotopic (exact) mass is 471 g/mol. The van der Waals surface area contributed by atoms with E-state index in [1.165, 1.54) is 0 Å². The second kappa shape index (κ2) is 8.33. The van der Waals surface area contributed by atoms with Crippen LogP contribution in [0.25, 0.3) is 0 Å². The van der Waals surface area contributed by atoms with E-state index in [-0.39, 0.29) is 40.9 Å². The maximum Gasteiger partial charge on any atom is 0.269 e. The molecule has 1 saturated heterocycles. The third-order valence-electron chi connectivity index (χ3n) is 7.73. The molecule has 3 aliphatic rings. The Bertz CT molecular complexity index is 1370. The molecule has 4 atom stereocenters.